The average Bonchev–Trinajstić information content (AvgIpc) is 2.25. The molecular formula is C12H25N3O. The van der Waals surface area contributed by atoms with Gasteiger partial charge in [0.1, 0.15) is 0 Å². The maximum atomic E-state index is 11.9. The molecule has 4 heteroatoms. The van der Waals surface area contributed by atoms with Crippen molar-refractivity contribution in [2.75, 3.05) is 39.3 Å². The second-order valence-corrected chi connectivity index (χ2v) is 5.42. The third kappa shape index (κ3) is 4.49. The number of piperazine rings is 1. The summed E-state index contributed by atoms with van der Waals surface area (Å²) in [5.74, 6) is 0.227. The Labute approximate surface area is 99.0 Å². The second-order valence-electron chi connectivity index (χ2n) is 5.42. The van der Waals surface area contributed by atoms with E-state index in [1.165, 1.54) is 0 Å². The minimum atomic E-state index is 0.0148. The minimum absolute atomic E-state index is 0.0148. The number of amides is 1. The molecule has 94 valence electrons. The van der Waals surface area contributed by atoms with Gasteiger partial charge in [0.2, 0.25) is 5.91 Å². The van der Waals surface area contributed by atoms with Crippen LogP contribution in [0, 0.1) is 0 Å². The van der Waals surface area contributed by atoms with Crippen molar-refractivity contribution < 1.29 is 4.79 Å². The van der Waals surface area contributed by atoms with Gasteiger partial charge < -0.3 is 15.1 Å². The molecular weight excluding hydrogens is 202 g/mol. The van der Waals surface area contributed by atoms with Crippen LogP contribution in [0.15, 0.2) is 0 Å². The van der Waals surface area contributed by atoms with Crippen molar-refractivity contribution in [2.24, 2.45) is 0 Å². The van der Waals surface area contributed by atoms with Crippen LogP contribution in [0.4, 0.5) is 0 Å². The van der Waals surface area contributed by atoms with Crippen LogP contribution < -0.4 is 5.32 Å². The Balaban J connectivity index is 2.28. The van der Waals surface area contributed by atoms with Crippen LogP contribution in [0.1, 0.15) is 27.7 Å². The largest absolute Gasteiger partial charge is 0.339 e. The van der Waals surface area contributed by atoms with Gasteiger partial charge in [0.05, 0.1) is 6.54 Å². The summed E-state index contributed by atoms with van der Waals surface area (Å²) in [7, 11) is 0. The lowest BCUT2D eigenvalue weighted by Gasteiger charge is -2.34. The van der Waals surface area contributed by atoms with Crippen LogP contribution >= 0.6 is 0 Å². The quantitative estimate of drug-likeness (QED) is 0.764. The molecule has 1 N–H and O–H groups in total. The molecule has 0 saturated carbocycles. The van der Waals surface area contributed by atoms with Gasteiger partial charge in [0, 0.05) is 31.7 Å². The van der Waals surface area contributed by atoms with E-state index in [1.54, 1.807) is 0 Å². The summed E-state index contributed by atoms with van der Waals surface area (Å²) in [5, 5.41) is 3.24. The van der Waals surface area contributed by atoms with Crippen molar-refractivity contribution in [3.63, 3.8) is 0 Å². The molecule has 1 amide bonds. The van der Waals surface area contributed by atoms with Gasteiger partial charge in [0.25, 0.3) is 0 Å². The topological polar surface area (TPSA) is 35.6 Å². The minimum Gasteiger partial charge on any atom is -0.339 e. The Morgan fingerprint density at radius 2 is 1.75 bits per heavy atom. The van der Waals surface area contributed by atoms with Crippen molar-refractivity contribution in [3.05, 3.63) is 0 Å². The second kappa shape index (κ2) is 5.64. The average molecular weight is 227 g/mol. The highest BCUT2D eigenvalue weighted by Gasteiger charge is 2.21. The van der Waals surface area contributed by atoms with Crippen LogP contribution in [0.3, 0.4) is 0 Å². The molecule has 0 bridgehead atoms. The van der Waals surface area contributed by atoms with E-state index in [4.69, 9.17) is 0 Å². The fourth-order valence-electron chi connectivity index (χ4n) is 1.77. The predicted molar refractivity (Wildman–Crippen MR) is 66.4 cm³/mol. The summed E-state index contributed by atoms with van der Waals surface area (Å²) in [5.41, 5.74) is 0.0148. The van der Waals surface area contributed by atoms with Crippen LogP contribution in [-0.4, -0.2) is 60.5 Å². The lowest BCUT2D eigenvalue weighted by atomic mass is 10.1. The van der Waals surface area contributed by atoms with E-state index >= 15 is 0 Å². The first-order valence-corrected chi connectivity index (χ1v) is 6.17. The smallest absolute Gasteiger partial charge is 0.236 e. The monoisotopic (exact) mass is 227 g/mol. The van der Waals surface area contributed by atoms with E-state index in [-0.39, 0.29) is 11.4 Å². The lowest BCUT2D eigenvalue weighted by molar-refractivity contribution is -0.132. The number of hydrogen-bond donors (Lipinski definition) is 1. The number of hydrogen-bond acceptors (Lipinski definition) is 3. The van der Waals surface area contributed by atoms with Gasteiger partial charge in [-0.1, -0.05) is 6.92 Å². The Morgan fingerprint density at radius 1 is 1.19 bits per heavy atom. The Morgan fingerprint density at radius 3 is 2.19 bits per heavy atom. The number of nitrogens with one attached hydrogen (secondary N) is 1. The highest BCUT2D eigenvalue weighted by Crippen LogP contribution is 2.03. The van der Waals surface area contributed by atoms with Crippen molar-refractivity contribution in [3.8, 4) is 0 Å². The Bertz CT molecular complexity index is 227. The van der Waals surface area contributed by atoms with Crippen molar-refractivity contribution in [1.29, 1.82) is 0 Å². The lowest BCUT2D eigenvalue weighted by Crippen LogP contribution is -2.52. The summed E-state index contributed by atoms with van der Waals surface area (Å²) in [6.07, 6.45) is 0. The molecule has 1 saturated heterocycles. The van der Waals surface area contributed by atoms with Gasteiger partial charge in [-0.05, 0) is 27.3 Å². The fourth-order valence-corrected chi connectivity index (χ4v) is 1.77. The molecule has 0 spiro atoms. The summed E-state index contributed by atoms with van der Waals surface area (Å²) in [6, 6.07) is 0. The molecule has 1 fully saturated rings. The number of carbonyl (C=O) groups excluding carboxylic acids is 1. The normalized spacial score (nSPS) is 18.9. The fraction of sp³-hybridized carbons (Fsp3) is 0.917. The van der Waals surface area contributed by atoms with Gasteiger partial charge in [-0.25, -0.2) is 0 Å². The van der Waals surface area contributed by atoms with Gasteiger partial charge in [-0.2, -0.15) is 0 Å². The molecule has 4 nitrogen and oxygen atoms in total. The number of rotatable bonds is 3. The molecule has 16 heavy (non-hydrogen) atoms. The third-order valence-electron chi connectivity index (χ3n) is 2.94. The molecule has 1 aliphatic heterocycles. The summed E-state index contributed by atoms with van der Waals surface area (Å²) >= 11 is 0. The van der Waals surface area contributed by atoms with Crippen LogP contribution in [-0.2, 0) is 4.79 Å². The van der Waals surface area contributed by atoms with Crippen LogP contribution in [0.25, 0.3) is 0 Å². The molecule has 0 aliphatic carbocycles. The zero-order chi connectivity index (χ0) is 12.2. The predicted octanol–water partition coefficient (Wildman–Crippen LogP) is 0.539. The maximum Gasteiger partial charge on any atom is 0.236 e. The SMILES string of the molecule is CCN1CCN(C(=O)CNC(C)(C)C)CC1. The summed E-state index contributed by atoms with van der Waals surface area (Å²) in [4.78, 5) is 16.2. The molecule has 0 aromatic carbocycles. The maximum absolute atomic E-state index is 11.9. The van der Waals surface area contributed by atoms with Crippen molar-refractivity contribution >= 4 is 5.91 Å². The van der Waals surface area contributed by atoms with Gasteiger partial charge in [-0.15, -0.1) is 0 Å². The van der Waals surface area contributed by atoms with Gasteiger partial charge in [-0.3, -0.25) is 4.79 Å². The van der Waals surface area contributed by atoms with E-state index in [1.807, 2.05) is 4.90 Å². The Hall–Kier alpha value is -0.610. The standard InChI is InChI=1S/C12H25N3O/c1-5-14-6-8-15(9-7-14)11(16)10-13-12(2,3)4/h13H,5-10H2,1-4H3. The zero-order valence-electron chi connectivity index (χ0n) is 11.0. The van der Waals surface area contributed by atoms with Crippen molar-refractivity contribution in [1.82, 2.24) is 15.1 Å². The summed E-state index contributed by atoms with van der Waals surface area (Å²) < 4.78 is 0. The molecule has 0 unspecified atom stereocenters. The molecule has 0 atom stereocenters. The highest BCUT2D eigenvalue weighted by atomic mass is 16.2. The molecule has 1 heterocycles. The first-order valence-electron chi connectivity index (χ1n) is 6.17. The molecule has 1 rings (SSSR count). The van der Waals surface area contributed by atoms with Crippen LogP contribution in [0.5, 0.6) is 0 Å². The van der Waals surface area contributed by atoms with E-state index in [9.17, 15) is 4.79 Å². The van der Waals surface area contributed by atoms with Crippen molar-refractivity contribution in [2.45, 2.75) is 33.2 Å². The van der Waals surface area contributed by atoms with Gasteiger partial charge >= 0.3 is 0 Å². The molecule has 0 aromatic rings. The van der Waals surface area contributed by atoms with E-state index in [0.29, 0.717) is 6.54 Å². The number of nitrogens with zero attached hydrogens (tertiary/aromatic N) is 2. The number of carbonyl (C=O) groups is 1. The number of likely N-dealkylation sites (N-methyl/N-ethyl adjacent to an activating group) is 1. The molecule has 1 aliphatic rings. The Kier molecular flexibility index (Phi) is 4.74. The zero-order valence-corrected chi connectivity index (χ0v) is 11.0. The van der Waals surface area contributed by atoms with E-state index in [0.717, 1.165) is 32.7 Å². The first-order chi connectivity index (χ1) is 7.42. The highest BCUT2D eigenvalue weighted by molar-refractivity contribution is 5.78. The first kappa shape index (κ1) is 13.5. The van der Waals surface area contributed by atoms with E-state index in [2.05, 4.69) is 37.9 Å². The van der Waals surface area contributed by atoms with E-state index < -0.39 is 0 Å². The molecule has 0 radical (unpaired) electrons. The third-order valence-corrected chi connectivity index (χ3v) is 2.94. The summed E-state index contributed by atoms with van der Waals surface area (Å²) in [6.45, 7) is 13.7. The van der Waals surface area contributed by atoms with Gasteiger partial charge in [0.15, 0.2) is 0 Å². The molecule has 0 aromatic heterocycles. The van der Waals surface area contributed by atoms with Crippen LogP contribution in [0.2, 0.25) is 0 Å².